The summed E-state index contributed by atoms with van der Waals surface area (Å²) in [7, 11) is 1.47. The van der Waals surface area contributed by atoms with E-state index in [0.29, 0.717) is 24.0 Å². The Bertz CT molecular complexity index is 895. The van der Waals surface area contributed by atoms with Crippen molar-refractivity contribution in [3.05, 3.63) is 45.4 Å². The highest BCUT2D eigenvalue weighted by Gasteiger charge is 2.18. The van der Waals surface area contributed by atoms with Crippen molar-refractivity contribution in [1.29, 1.82) is 0 Å². The van der Waals surface area contributed by atoms with Gasteiger partial charge in [0.05, 0.1) is 29.9 Å². The molecule has 0 saturated carbocycles. The summed E-state index contributed by atoms with van der Waals surface area (Å²) in [6.07, 6.45) is 0. The Morgan fingerprint density at radius 1 is 1.38 bits per heavy atom. The van der Waals surface area contributed by atoms with Crippen LogP contribution in [0.4, 0.5) is 0 Å². The first-order valence-electron chi connectivity index (χ1n) is 7.65. The van der Waals surface area contributed by atoms with Crippen LogP contribution in [0.3, 0.4) is 0 Å². The molecule has 7 nitrogen and oxygen atoms in total. The van der Waals surface area contributed by atoms with Gasteiger partial charge in [-0.1, -0.05) is 16.8 Å². The molecule has 0 amide bonds. The van der Waals surface area contributed by atoms with Gasteiger partial charge in [0.2, 0.25) is 5.82 Å². The van der Waals surface area contributed by atoms with Crippen LogP contribution in [0.2, 0.25) is 5.02 Å². The van der Waals surface area contributed by atoms with Gasteiger partial charge in [0, 0.05) is 5.38 Å². The van der Waals surface area contributed by atoms with Crippen molar-refractivity contribution in [3.63, 3.8) is 0 Å². The zero-order chi connectivity index (χ0) is 18.5. The Morgan fingerprint density at radius 2 is 2.23 bits per heavy atom. The molecular formula is C17H15ClN2O5S. The summed E-state index contributed by atoms with van der Waals surface area (Å²) in [4.78, 5) is 16.5. The lowest BCUT2D eigenvalue weighted by atomic mass is 10.2. The number of esters is 1. The number of hydrogen-bond donors (Lipinski definition) is 0. The smallest absolute Gasteiger partial charge is 0.338 e. The Balaban J connectivity index is 1.69. The first-order chi connectivity index (χ1) is 12.6. The van der Waals surface area contributed by atoms with Crippen molar-refractivity contribution in [3.8, 4) is 23.0 Å². The molecule has 26 heavy (non-hydrogen) atoms. The molecule has 2 heterocycles. The standard InChI is InChI=1S/C17H15ClN2O5S/c1-3-23-15-12(18)6-11(7-13(15)22-2)17(21)24-8-14-19-16(25-20-14)10-4-5-26-9-10/h4-7,9H,3,8H2,1-2H3. The molecule has 0 unspecified atom stereocenters. The van der Waals surface area contributed by atoms with Gasteiger partial charge in [0.1, 0.15) is 0 Å². The molecule has 3 aromatic rings. The number of hydrogen-bond acceptors (Lipinski definition) is 8. The van der Waals surface area contributed by atoms with E-state index in [1.54, 1.807) is 0 Å². The summed E-state index contributed by atoms with van der Waals surface area (Å²) >= 11 is 7.68. The number of aromatic nitrogens is 2. The molecule has 0 N–H and O–H groups in total. The third-order valence-electron chi connectivity index (χ3n) is 3.32. The van der Waals surface area contributed by atoms with Crippen LogP contribution < -0.4 is 9.47 Å². The number of carbonyl (C=O) groups excluding carboxylic acids is 1. The molecule has 3 rings (SSSR count). The number of methoxy groups -OCH3 is 1. The number of thiophene rings is 1. The van der Waals surface area contributed by atoms with Gasteiger partial charge in [-0.3, -0.25) is 0 Å². The number of carbonyl (C=O) groups is 1. The van der Waals surface area contributed by atoms with Crippen molar-refractivity contribution in [2.75, 3.05) is 13.7 Å². The zero-order valence-corrected chi connectivity index (χ0v) is 15.6. The molecule has 0 fully saturated rings. The Labute approximate surface area is 158 Å². The second-order valence-corrected chi connectivity index (χ2v) is 6.21. The second-order valence-electron chi connectivity index (χ2n) is 5.03. The van der Waals surface area contributed by atoms with Crippen LogP contribution in [0.25, 0.3) is 11.5 Å². The summed E-state index contributed by atoms with van der Waals surface area (Å²) in [5, 5.41) is 7.85. The van der Waals surface area contributed by atoms with E-state index in [0.717, 1.165) is 5.56 Å². The fraction of sp³-hybridized carbons (Fsp3) is 0.235. The molecule has 1 aromatic carbocycles. The Hall–Kier alpha value is -2.58. The fourth-order valence-corrected chi connectivity index (χ4v) is 3.05. The zero-order valence-electron chi connectivity index (χ0n) is 14.0. The van der Waals surface area contributed by atoms with E-state index in [9.17, 15) is 4.79 Å². The maximum absolute atomic E-state index is 12.3. The van der Waals surface area contributed by atoms with Crippen molar-refractivity contribution in [2.45, 2.75) is 13.5 Å². The van der Waals surface area contributed by atoms with E-state index in [1.165, 1.54) is 30.6 Å². The van der Waals surface area contributed by atoms with E-state index in [1.807, 2.05) is 23.8 Å². The van der Waals surface area contributed by atoms with Gasteiger partial charge in [-0.15, -0.1) is 0 Å². The average Bonchev–Trinajstić information content (AvgIpc) is 3.32. The maximum Gasteiger partial charge on any atom is 0.338 e. The number of nitrogens with zero attached hydrogens (tertiary/aromatic N) is 2. The summed E-state index contributed by atoms with van der Waals surface area (Å²) < 4.78 is 21.0. The lowest BCUT2D eigenvalue weighted by Gasteiger charge is -2.12. The lowest BCUT2D eigenvalue weighted by Crippen LogP contribution is -2.07. The minimum Gasteiger partial charge on any atom is -0.493 e. The van der Waals surface area contributed by atoms with Gasteiger partial charge >= 0.3 is 5.97 Å². The summed E-state index contributed by atoms with van der Waals surface area (Å²) in [6.45, 7) is 2.12. The summed E-state index contributed by atoms with van der Waals surface area (Å²) in [5.74, 6) is 0.791. The lowest BCUT2D eigenvalue weighted by molar-refractivity contribution is 0.0459. The first kappa shape index (κ1) is 18.2. The van der Waals surface area contributed by atoms with Crippen LogP contribution in [0, 0.1) is 0 Å². The van der Waals surface area contributed by atoms with Crippen LogP contribution in [-0.2, 0) is 11.3 Å². The molecule has 0 bridgehead atoms. The van der Waals surface area contributed by atoms with Crippen molar-refractivity contribution in [2.24, 2.45) is 0 Å². The van der Waals surface area contributed by atoms with Gasteiger partial charge in [-0.2, -0.15) is 16.3 Å². The highest BCUT2D eigenvalue weighted by Crippen LogP contribution is 2.36. The van der Waals surface area contributed by atoms with Crippen LogP contribution in [0.15, 0.2) is 33.5 Å². The predicted octanol–water partition coefficient (Wildman–Crippen LogP) is 4.22. The number of benzene rings is 1. The average molecular weight is 395 g/mol. The van der Waals surface area contributed by atoms with Crippen LogP contribution in [0.1, 0.15) is 23.1 Å². The normalized spacial score (nSPS) is 10.6. The van der Waals surface area contributed by atoms with Crippen molar-refractivity contribution >= 4 is 28.9 Å². The predicted molar refractivity (Wildman–Crippen MR) is 95.9 cm³/mol. The fourth-order valence-electron chi connectivity index (χ4n) is 2.15. The molecule has 0 spiro atoms. The number of rotatable bonds is 7. The van der Waals surface area contributed by atoms with E-state index < -0.39 is 5.97 Å². The first-order valence-corrected chi connectivity index (χ1v) is 8.97. The van der Waals surface area contributed by atoms with Gasteiger partial charge < -0.3 is 18.7 Å². The van der Waals surface area contributed by atoms with Gasteiger partial charge in [-0.25, -0.2) is 4.79 Å². The molecule has 0 atom stereocenters. The highest BCUT2D eigenvalue weighted by molar-refractivity contribution is 7.08. The third-order valence-corrected chi connectivity index (χ3v) is 4.29. The molecule has 2 aromatic heterocycles. The molecule has 0 aliphatic heterocycles. The van der Waals surface area contributed by atoms with E-state index in [4.69, 9.17) is 30.3 Å². The molecule has 9 heteroatoms. The minimum atomic E-state index is -0.588. The van der Waals surface area contributed by atoms with E-state index in [-0.39, 0.29) is 23.0 Å². The van der Waals surface area contributed by atoms with Gasteiger partial charge in [-0.05, 0) is 30.5 Å². The highest BCUT2D eigenvalue weighted by atomic mass is 35.5. The summed E-state index contributed by atoms with van der Waals surface area (Å²) in [5.41, 5.74) is 1.06. The van der Waals surface area contributed by atoms with E-state index >= 15 is 0 Å². The van der Waals surface area contributed by atoms with Crippen molar-refractivity contribution in [1.82, 2.24) is 10.1 Å². The van der Waals surface area contributed by atoms with Gasteiger partial charge in [0.15, 0.2) is 18.1 Å². The maximum atomic E-state index is 12.3. The van der Waals surface area contributed by atoms with Gasteiger partial charge in [0.25, 0.3) is 5.89 Å². The Kier molecular flexibility index (Phi) is 5.75. The third kappa shape index (κ3) is 3.97. The van der Waals surface area contributed by atoms with E-state index in [2.05, 4.69) is 10.1 Å². The van der Waals surface area contributed by atoms with Crippen molar-refractivity contribution < 1.29 is 23.5 Å². The Morgan fingerprint density at radius 3 is 2.92 bits per heavy atom. The molecule has 136 valence electrons. The number of ether oxygens (including phenoxy) is 3. The molecule has 0 aliphatic carbocycles. The quantitative estimate of drug-likeness (QED) is 0.555. The van der Waals surface area contributed by atoms with Crippen LogP contribution >= 0.6 is 22.9 Å². The molecule has 0 radical (unpaired) electrons. The SMILES string of the molecule is CCOc1c(Cl)cc(C(=O)OCc2noc(-c3ccsc3)n2)cc1OC. The monoisotopic (exact) mass is 394 g/mol. The molecule has 0 aliphatic rings. The van der Waals surface area contributed by atoms with Crippen LogP contribution in [-0.4, -0.2) is 29.8 Å². The molecule has 0 saturated heterocycles. The van der Waals surface area contributed by atoms with Crippen LogP contribution in [0.5, 0.6) is 11.5 Å². The number of halogens is 1. The molecular weight excluding hydrogens is 380 g/mol. The second kappa shape index (κ2) is 8.20. The minimum absolute atomic E-state index is 0.125. The summed E-state index contributed by atoms with van der Waals surface area (Å²) in [6, 6.07) is 4.83. The topological polar surface area (TPSA) is 83.7 Å². The largest absolute Gasteiger partial charge is 0.493 e.